The van der Waals surface area contributed by atoms with Crippen molar-refractivity contribution in [2.75, 3.05) is 20.7 Å². The predicted molar refractivity (Wildman–Crippen MR) is 62.9 cm³/mol. The van der Waals surface area contributed by atoms with E-state index in [-0.39, 0.29) is 11.2 Å². The summed E-state index contributed by atoms with van der Waals surface area (Å²) in [5.41, 5.74) is -0.00391. The van der Waals surface area contributed by atoms with Crippen molar-refractivity contribution in [3.05, 3.63) is 29.6 Å². The number of ketones is 1. The van der Waals surface area contributed by atoms with Crippen molar-refractivity contribution in [2.45, 2.75) is 12.8 Å². The Balaban J connectivity index is 2.33. The summed E-state index contributed by atoms with van der Waals surface area (Å²) >= 11 is 0. The quantitative estimate of drug-likeness (QED) is 0.796. The molecule has 1 fully saturated rings. The lowest BCUT2D eigenvalue weighted by Gasteiger charge is -2.15. The normalized spacial score (nSPS) is 16.6. The Hall–Kier alpha value is -1.42. The molecule has 1 N–H and O–H groups in total. The fourth-order valence-corrected chi connectivity index (χ4v) is 2.12. The molecule has 4 heteroatoms. The second kappa shape index (κ2) is 4.45. The van der Waals surface area contributed by atoms with E-state index in [0.717, 1.165) is 12.8 Å². The first kappa shape index (κ1) is 12.0. The summed E-state index contributed by atoms with van der Waals surface area (Å²) in [6, 6.07) is 4.06. The molecule has 92 valence electrons. The summed E-state index contributed by atoms with van der Waals surface area (Å²) in [5, 5.41) is 3.02. The number of Topliss-reactive ketones (excluding diaryl/α,β-unsaturated/α-hetero) is 1. The van der Waals surface area contributed by atoms with Crippen LogP contribution in [-0.4, -0.2) is 26.5 Å². The number of hydrogen-bond donors (Lipinski definition) is 1. The molecule has 1 aliphatic rings. The minimum absolute atomic E-state index is 0.0248. The molecular weight excluding hydrogens is 221 g/mol. The molecule has 1 saturated carbocycles. The standard InChI is InChI=1S/C13H16FNO2/c1-15-8-13(5-6-13)12(16)10-7-9(14)3-4-11(10)17-2/h3-4,7,15H,5-6,8H2,1-2H3. The molecule has 17 heavy (non-hydrogen) atoms. The first-order valence-electron chi connectivity index (χ1n) is 5.66. The highest BCUT2D eigenvalue weighted by Crippen LogP contribution is 2.48. The minimum Gasteiger partial charge on any atom is -0.496 e. The summed E-state index contributed by atoms with van der Waals surface area (Å²) in [7, 11) is 3.30. The number of nitrogens with one attached hydrogen (secondary N) is 1. The van der Waals surface area contributed by atoms with Gasteiger partial charge in [-0.25, -0.2) is 4.39 Å². The van der Waals surface area contributed by atoms with E-state index >= 15 is 0 Å². The summed E-state index contributed by atoms with van der Waals surface area (Å²) in [6.45, 7) is 0.630. The molecule has 0 atom stereocenters. The van der Waals surface area contributed by atoms with E-state index in [9.17, 15) is 9.18 Å². The van der Waals surface area contributed by atoms with Crippen LogP contribution in [0.1, 0.15) is 23.2 Å². The lowest BCUT2D eigenvalue weighted by atomic mass is 9.94. The van der Waals surface area contributed by atoms with Crippen molar-refractivity contribution in [2.24, 2.45) is 5.41 Å². The van der Waals surface area contributed by atoms with Crippen LogP contribution in [0.5, 0.6) is 5.75 Å². The maximum atomic E-state index is 13.2. The number of hydrogen-bond acceptors (Lipinski definition) is 3. The van der Waals surface area contributed by atoms with Gasteiger partial charge in [-0.1, -0.05) is 0 Å². The Morgan fingerprint density at radius 3 is 2.76 bits per heavy atom. The van der Waals surface area contributed by atoms with Gasteiger partial charge in [-0.15, -0.1) is 0 Å². The average molecular weight is 237 g/mol. The number of ether oxygens (including phenoxy) is 1. The van der Waals surface area contributed by atoms with E-state index in [1.807, 2.05) is 7.05 Å². The third-order valence-corrected chi connectivity index (χ3v) is 3.26. The Morgan fingerprint density at radius 2 is 2.24 bits per heavy atom. The number of halogens is 1. The van der Waals surface area contributed by atoms with Gasteiger partial charge in [0, 0.05) is 12.0 Å². The largest absolute Gasteiger partial charge is 0.496 e. The highest BCUT2D eigenvalue weighted by molar-refractivity contribution is 6.04. The van der Waals surface area contributed by atoms with Crippen LogP contribution in [0, 0.1) is 11.2 Å². The Morgan fingerprint density at radius 1 is 1.53 bits per heavy atom. The molecule has 0 bridgehead atoms. The van der Waals surface area contributed by atoms with E-state index in [0.29, 0.717) is 17.9 Å². The molecule has 0 spiro atoms. The van der Waals surface area contributed by atoms with Crippen LogP contribution in [0.2, 0.25) is 0 Å². The number of carbonyl (C=O) groups excluding carboxylic acids is 1. The van der Waals surface area contributed by atoms with Gasteiger partial charge in [-0.3, -0.25) is 4.79 Å². The van der Waals surface area contributed by atoms with Gasteiger partial charge in [0.25, 0.3) is 0 Å². The van der Waals surface area contributed by atoms with E-state index in [1.54, 1.807) is 0 Å². The molecule has 0 saturated heterocycles. The van der Waals surface area contributed by atoms with Gasteiger partial charge < -0.3 is 10.1 Å². The number of carbonyl (C=O) groups is 1. The maximum absolute atomic E-state index is 13.2. The van der Waals surface area contributed by atoms with Crippen molar-refractivity contribution in [1.29, 1.82) is 0 Å². The second-order valence-corrected chi connectivity index (χ2v) is 4.48. The highest BCUT2D eigenvalue weighted by atomic mass is 19.1. The van der Waals surface area contributed by atoms with Crippen molar-refractivity contribution < 1.29 is 13.9 Å². The Labute approximate surface area is 100.0 Å². The average Bonchev–Trinajstić information content (AvgIpc) is 3.09. The lowest BCUT2D eigenvalue weighted by molar-refractivity contribution is 0.0896. The van der Waals surface area contributed by atoms with Crippen molar-refractivity contribution >= 4 is 5.78 Å². The summed E-state index contributed by atoms with van der Waals surface area (Å²) in [5.74, 6) is 0.0105. The molecule has 1 aliphatic carbocycles. The molecule has 1 aromatic carbocycles. The van der Waals surface area contributed by atoms with E-state index in [1.165, 1.54) is 25.3 Å². The molecule has 0 amide bonds. The van der Waals surface area contributed by atoms with Gasteiger partial charge in [0.15, 0.2) is 5.78 Å². The van der Waals surface area contributed by atoms with Crippen LogP contribution < -0.4 is 10.1 Å². The van der Waals surface area contributed by atoms with Gasteiger partial charge in [0.1, 0.15) is 11.6 Å². The van der Waals surface area contributed by atoms with E-state index in [4.69, 9.17) is 4.74 Å². The molecule has 2 rings (SSSR count). The lowest BCUT2D eigenvalue weighted by Crippen LogP contribution is -2.28. The van der Waals surface area contributed by atoms with Gasteiger partial charge in [-0.05, 0) is 38.1 Å². The van der Waals surface area contributed by atoms with Crippen LogP contribution in [0.4, 0.5) is 4.39 Å². The summed E-state index contributed by atoms with van der Waals surface area (Å²) in [4.78, 5) is 12.4. The molecular formula is C13H16FNO2. The third kappa shape index (κ3) is 2.17. The van der Waals surface area contributed by atoms with E-state index < -0.39 is 5.82 Å². The molecule has 0 heterocycles. The smallest absolute Gasteiger partial charge is 0.174 e. The summed E-state index contributed by atoms with van der Waals surface area (Å²) in [6.07, 6.45) is 1.71. The first-order chi connectivity index (χ1) is 8.13. The topological polar surface area (TPSA) is 38.3 Å². The Bertz CT molecular complexity index is 441. The zero-order valence-electron chi connectivity index (χ0n) is 10.0. The summed E-state index contributed by atoms with van der Waals surface area (Å²) < 4.78 is 18.3. The molecule has 3 nitrogen and oxygen atoms in total. The van der Waals surface area contributed by atoms with Gasteiger partial charge in [0.2, 0.25) is 0 Å². The number of rotatable bonds is 5. The molecule has 0 aliphatic heterocycles. The first-order valence-corrected chi connectivity index (χ1v) is 5.66. The SMILES string of the molecule is CNCC1(C(=O)c2cc(F)ccc2OC)CC1. The number of benzene rings is 1. The van der Waals surface area contributed by atoms with Gasteiger partial charge >= 0.3 is 0 Å². The van der Waals surface area contributed by atoms with Crippen LogP contribution in [-0.2, 0) is 0 Å². The third-order valence-electron chi connectivity index (χ3n) is 3.26. The van der Waals surface area contributed by atoms with Gasteiger partial charge in [0.05, 0.1) is 12.7 Å². The molecule has 0 radical (unpaired) electrons. The maximum Gasteiger partial charge on any atom is 0.174 e. The van der Waals surface area contributed by atoms with Crippen LogP contribution in [0.15, 0.2) is 18.2 Å². The minimum atomic E-state index is -0.408. The van der Waals surface area contributed by atoms with Crippen molar-refractivity contribution in [1.82, 2.24) is 5.32 Å². The van der Waals surface area contributed by atoms with Gasteiger partial charge in [-0.2, -0.15) is 0 Å². The molecule has 0 unspecified atom stereocenters. The van der Waals surface area contributed by atoms with E-state index in [2.05, 4.69) is 5.32 Å². The van der Waals surface area contributed by atoms with Crippen LogP contribution in [0.3, 0.4) is 0 Å². The fourth-order valence-electron chi connectivity index (χ4n) is 2.12. The zero-order chi connectivity index (χ0) is 12.5. The molecule has 1 aromatic rings. The number of methoxy groups -OCH3 is 1. The molecule has 0 aromatic heterocycles. The predicted octanol–water partition coefficient (Wildman–Crippen LogP) is 2.02. The van der Waals surface area contributed by atoms with Crippen LogP contribution >= 0.6 is 0 Å². The fraction of sp³-hybridized carbons (Fsp3) is 0.462. The Kier molecular flexibility index (Phi) is 3.15. The highest BCUT2D eigenvalue weighted by Gasteiger charge is 2.49. The van der Waals surface area contributed by atoms with Crippen molar-refractivity contribution in [3.63, 3.8) is 0 Å². The second-order valence-electron chi connectivity index (χ2n) is 4.48. The zero-order valence-corrected chi connectivity index (χ0v) is 10.0. The monoisotopic (exact) mass is 237 g/mol. The van der Waals surface area contributed by atoms with Crippen LogP contribution in [0.25, 0.3) is 0 Å². The van der Waals surface area contributed by atoms with Crippen molar-refractivity contribution in [3.8, 4) is 5.75 Å².